The van der Waals surface area contributed by atoms with Crippen LogP contribution in [0.1, 0.15) is 36.8 Å². The topological polar surface area (TPSA) is 66.9 Å². The molecule has 0 fully saturated rings. The average Bonchev–Trinajstić information content (AvgIpc) is 2.64. The molecule has 2 N–H and O–H groups in total. The first-order valence-corrected chi connectivity index (χ1v) is 8.95. The van der Waals surface area contributed by atoms with Crippen LogP contribution in [-0.4, -0.2) is 15.9 Å². The number of carbonyl (C=O) groups is 1. The molecular formula is C21H21ClN4O. The quantitative estimate of drug-likeness (QED) is 0.633. The van der Waals surface area contributed by atoms with E-state index in [-0.39, 0.29) is 17.0 Å². The Morgan fingerprint density at radius 2 is 1.52 bits per heavy atom. The number of amides is 1. The van der Waals surface area contributed by atoms with E-state index in [2.05, 4.69) is 41.4 Å². The summed E-state index contributed by atoms with van der Waals surface area (Å²) in [7, 11) is 0. The summed E-state index contributed by atoms with van der Waals surface area (Å²) in [6.07, 6.45) is 2.96. The lowest BCUT2D eigenvalue weighted by molar-refractivity contribution is 0.102. The molecule has 0 aliphatic carbocycles. The number of nitrogens with zero attached hydrogens (tertiary/aromatic N) is 2. The van der Waals surface area contributed by atoms with E-state index in [1.54, 1.807) is 12.1 Å². The first-order valence-electron chi connectivity index (χ1n) is 8.58. The van der Waals surface area contributed by atoms with Crippen LogP contribution < -0.4 is 10.6 Å². The minimum Gasteiger partial charge on any atom is -0.339 e. The molecule has 0 aliphatic rings. The zero-order chi connectivity index (χ0) is 19.4. The highest BCUT2D eigenvalue weighted by Crippen LogP contribution is 2.23. The lowest BCUT2D eigenvalue weighted by Gasteiger charge is -2.19. The molecule has 138 valence electrons. The molecule has 1 amide bonds. The molecule has 0 aliphatic heterocycles. The van der Waals surface area contributed by atoms with Gasteiger partial charge in [0.2, 0.25) is 0 Å². The summed E-state index contributed by atoms with van der Waals surface area (Å²) in [5.74, 6) is 0.243. The number of hydrogen-bond acceptors (Lipinski definition) is 4. The number of aromatic nitrogens is 2. The Kier molecular flexibility index (Phi) is 5.42. The van der Waals surface area contributed by atoms with Crippen LogP contribution in [0, 0.1) is 0 Å². The molecule has 5 nitrogen and oxygen atoms in total. The number of carbonyl (C=O) groups excluding carboxylic acids is 1. The van der Waals surface area contributed by atoms with Gasteiger partial charge in [0, 0.05) is 16.4 Å². The van der Waals surface area contributed by atoms with Crippen molar-refractivity contribution in [1.82, 2.24) is 9.97 Å². The van der Waals surface area contributed by atoms with Gasteiger partial charge in [-0.3, -0.25) is 4.79 Å². The lowest BCUT2D eigenvalue weighted by atomic mass is 9.87. The van der Waals surface area contributed by atoms with Crippen molar-refractivity contribution in [3.05, 3.63) is 77.2 Å². The van der Waals surface area contributed by atoms with Gasteiger partial charge >= 0.3 is 0 Å². The number of nitrogens with one attached hydrogen (secondary N) is 2. The van der Waals surface area contributed by atoms with Gasteiger partial charge in [0.15, 0.2) is 0 Å². The Morgan fingerprint density at radius 1 is 0.889 bits per heavy atom. The molecule has 0 atom stereocenters. The van der Waals surface area contributed by atoms with Crippen LogP contribution in [-0.2, 0) is 5.41 Å². The van der Waals surface area contributed by atoms with Gasteiger partial charge < -0.3 is 10.6 Å². The van der Waals surface area contributed by atoms with Gasteiger partial charge in [0.25, 0.3) is 5.91 Å². The smallest absolute Gasteiger partial charge is 0.275 e. The predicted molar refractivity (Wildman–Crippen MR) is 110 cm³/mol. The van der Waals surface area contributed by atoms with E-state index in [1.165, 1.54) is 18.0 Å². The van der Waals surface area contributed by atoms with Gasteiger partial charge in [0.05, 0.1) is 12.4 Å². The third-order valence-corrected chi connectivity index (χ3v) is 4.26. The van der Waals surface area contributed by atoms with Crippen LogP contribution >= 0.6 is 11.6 Å². The fourth-order valence-electron chi connectivity index (χ4n) is 2.44. The van der Waals surface area contributed by atoms with Crippen molar-refractivity contribution < 1.29 is 4.79 Å². The van der Waals surface area contributed by atoms with E-state index < -0.39 is 0 Å². The first kappa shape index (κ1) is 18.9. The second-order valence-electron chi connectivity index (χ2n) is 7.20. The molecule has 0 bridgehead atoms. The molecule has 6 heteroatoms. The minimum atomic E-state index is -0.302. The van der Waals surface area contributed by atoms with Crippen molar-refractivity contribution in [2.24, 2.45) is 0 Å². The van der Waals surface area contributed by atoms with Crippen LogP contribution in [0.2, 0.25) is 5.02 Å². The van der Waals surface area contributed by atoms with E-state index in [0.717, 1.165) is 11.4 Å². The Bertz CT molecular complexity index is 914. The van der Waals surface area contributed by atoms with Crippen LogP contribution in [0.3, 0.4) is 0 Å². The second-order valence-corrected chi connectivity index (χ2v) is 7.64. The van der Waals surface area contributed by atoms with E-state index in [4.69, 9.17) is 11.6 Å². The fraction of sp³-hybridized carbons (Fsp3) is 0.190. The Morgan fingerprint density at radius 3 is 2.07 bits per heavy atom. The molecule has 0 saturated heterocycles. The SMILES string of the molecule is CC(C)(C)c1ccc(NC(=O)c2cnc(Nc3ccc(Cl)cc3)cn2)cc1. The van der Waals surface area contributed by atoms with Gasteiger partial charge in [-0.2, -0.15) is 0 Å². The number of rotatable bonds is 4. The van der Waals surface area contributed by atoms with Crippen LogP contribution in [0.15, 0.2) is 60.9 Å². The van der Waals surface area contributed by atoms with Crippen LogP contribution in [0.5, 0.6) is 0 Å². The number of halogens is 1. The van der Waals surface area contributed by atoms with Crippen LogP contribution in [0.25, 0.3) is 0 Å². The summed E-state index contributed by atoms with van der Waals surface area (Å²) in [5.41, 5.74) is 3.08. The Balaban J connectivity index is 1.64. The third kappa shape index (κ3) is 5.05. The van der Waals surface area contributed by atoms with Crippen molar-refractivity contribution >= 4 is 34.7 Å². The average molecular weight is 381 g/mol. The summed E-state index contributed by atoms with van der Waals surface area (Å²) >= 11 is 5.87. The normalized spacial score (nSPS) is 11.1. The highest BCUT2D eigenvalue weighted by Gasteiger charge is 2.14. The van der Waals surface area contributed by atoms with Gasteiger partial charge in [-0.1, -0.05) is 44.5 Å². The second kappa shape index (κ2) is 7.76. The maximum Gasteiger partial charge on any atom is 0.275 e. The standard InChI is InChI=1S/C21H21ClN4O/c1-21(2,3)14-4-8-17(9-5-14)26-20(27)18-12-24-19(13-23-18)25-16-10-6-15(22)7-11-16/h4-13H,1-3H3,(H,24,25)(H,26,27). The number of benzene rings is 2. The fourth-order valence-corrected chi connectivity index (χ4v) is 2.57. The molecule has 3 rings (SSSR count). The molecule has 0 spiro atoms. The molecule has 1 aromatic heterocycles. The van der Waals surface area contributed by atoms with Crippen molar-refractivity contribution in [1.29, 1.82) is 0 Å². The molecule has 3 aromatic rings. The number of anilines is 3. The molecule has 0 radical (unpaired) electrons. The summed E-state index contributed by atoms with van der Waals surface area (Å²) < 4.78 is 0. The maximum absolute atomic E-state index is 12.4. The summed E-state index contributed by atoms with van der Waals surface area (Å²) in [4.78, 5) is 20.8. The van der Waals surface area contributed by atoms with Crippen molar-refractivity contribution in [2.75, 3.05) is 10.6 Å². The van der Waals surface area contributed by atoms with E-state index in [0.29, 0.717) is 10.8 Å². The number of hydrogen-bond donors (Lipinski definition) is 2. The summed E-state index contributed by atoms with van der Waals surface area (Å²) in [5, 5.41) is 6.60. The lowest BCUT2D eigenvalue weighted by Crippen LogP contribution is -2.15. The largest absolute Gasteiger partial charge is 0.339 e. The molecule has 0 saturated carbocycles. The first-order chi connectivity index (χ1) is 12.8. The Hall–Kier alpha value is -2.92. The van der Waals surface area contributed by atoms with Gasteiger partial charge in [-0.05, 0) is 47.4 Å². The molecule has 2 aromatic carbocycles. The third-order valence-electron chi connectivity index (χ3n) is 4.01. The molecular weight excluding hydrogens is 360 g/mol. The zero-order valence-electron chi connectivity index (χ0n) is 15.5. The monoisotopic (exact) mass is 380 g/mol. The van der Waals surface area contributed by atoms with Crippen molar-refractivity contribution in [3.8, 4) is 0 Å². The van der Waals surface area contributed by atoms with E-state index >= 15 is 0 Å². The van der Waals surface area contributed by atoms with Crippen molar-refractivity contribution in [2.45, 2.75) is 26.2 Å². The Labute approximate surface area is 163 Å². The highest BCUT2D eigenvalue weighted by molar-refractivity contribution is 6.30. The van der Waals surface area contributed by atoms with Crippen LogP contribution in [0.4, 0.5) is 17.2 Å². The summed E-state index contributed by atoms with van der Waals surface area (Å²) in [6, 6.07) is 15.1. The van der Waals surface area contributed by atoms with Gasteiger partial charge in [-0.25, -0.2) is 9.97 Å². The zero-order valence-corrected chi connectivity index (χ0v) is 16.2. The summed E-state index contributed by atoms with van der Waals surface area (Å²) in [6.45, 7) is 6.45. The van der Waals surface area contributed by atoms with E-state index in [1.807, 2.05) is 36.4 Å². The van der Waals surface area contributed by atoms with Crippen molar-refractivity contribution in [3.63, 3.8) is 0 Å². The predicted octanol–water partition coefficient (Wildman–Crippen LogP) is 5.42. The molecule has 0 unspecified atom stereocenters. The highest BCUT2D eigenvalue weighted by atomic mass is 35.5. The van der Waals surface area contributed by atoms with Gasteiger partial charge in [-0.15, -0.1) is 0 Å². The molecule has 27 heavy (non-hydrogen) atoms. The van der Waals surface area contributed by atoms with Gasteiger partial charge in [0.1, 0.15) is 11.5 Å². The maximum atomic E-state index is 12.4. The minimum absolute atomic E-state index is 0.0704. The molecule has 1 heterocycles. The van der Waals surface area contributed by atoms with E-state index in [9.17, 15) is 4.79 Å².